The van der Waals surface area contributed by atoms with Crippen molar-refractivity contribution in [3.63, 3.8) is 0 Å². The summed E-state index contributed by atoms with van der Waals surface area (Å²) in [6.07, 6.45) is 5.23. The first-order valence-electron chi connectivity index (χ1n) is 7.62. The van der Waals surface area contributed by atoms with E-state index < -0.39 is 0 Å². The molecular weight excluding hydrogens is 288 g/mol. The molecule has 5 heteroatoms. The molecule has 1 fully saturated rings. The minimum absolute atomic E-state index is 0.0637. The van der Waals surface area contributed by atoms with Crippen LogP contribution in [0.5, 0.6) is 5.75 Å². The van der Waals surface area contributed by atoms with Crippen LogP contribution in [0.15, 0.2) is 12.1 Å². The number of hydrogen-bond donors (Lipinski definition) is 2. The van der Waals surface area contributed by atoms with Gasteiger partial charge < -0.3 is 15.4 Å². The highest BCUT2D eigenvalue weighted by atomic mass is 35.5. The number of amides is 1. The summed E-state index contributed by atoms with van der Waals surface area (Å²) in [5.74, 6) is 2.07. The van der Waals surface area contributed by atoms with Crippen LogP contribution in [0.1, 0.15) is 32.6 Å². The van der Waals surface area contributed by atoms with Crippen LogP contribution in [0.2, 0.25) is 5.02 Å². The van der Waals surface area contributed by atoms with Crippen molar-refractivity contribution in [1.29, 1.82) is 0 Å². The number of carbonyl (C=O) groups is 1. The molecule has 4 nitrogen and oxygen atoms in total. The lowest BCUT2D eigenvalue weighted by Gasteiger charge is -2.27. The highest BCUT2D eigenvalue weighted by Gasteiger charge is 2.21. The van der Waals surface area contributed by atoms with Crippen molar-refractivity contribution in [2.24, 2.45) is 11.8 Å². The molecule has 0 aromatic heterocycles. The largest absolute Gasteiger partial charge is 0.482 e. The molecule has 2 N–H and O–H groups in total. The van der Waals surface area contributed by atoms with Gasteiger partial charge in [0.25, 0.3) is 5.91 Å². The average molecular weight is 309 g/mol. The van der Waals surface area contributed by atoms with Crippen molar-refractivity contribution >= 4 is 28.9 Å². The Hall–Kier alpha value is -1.42. The van der Waals surface area contributed by atoms with E-state index in [-0.39, 0.29) is 12.5 Å². The fourth-order valence-corrected chi connectivity index (χ4v) is 3.47. The predicted octanol–water partition coefficient (Wildman–Crippen LogP) is 3.91. The molecule has 1 aromatic rings. The lowest BCUT2D eigenvalue weighted by Crippen LogP contribution is -2.25. The molecule has 0 spiro atoms. The van der Waals surface area contributed by atoms with Gasteiger partial charge in [-0.3, -0.25) is 4.79 Å². The number of ether oxygens (including phenoxy) is 1. The molecule has 1 aromatic carbocycles. The lowest BCUT2D eigenvalue weighted by atomic mass is 9.82. The second kappa shape index (κ2) is 6.14. The summed E-state index contributed by atoms with van der Waals surface area (Å²) in [5, 5.41) is 6.82. The molecule has 1 heterocycles. The minimum Gasteiger partial charge on any atom is -0.482 e. The first kappa shape index (κ1) is 14.5. The van der Waals surface area contributed by atoms with E-state index in [2.05, 4.69) is 17.6 Å². The number of fused-ring (bicyclic) bond motifs is 1. The Balaban J connectivity index is 1.67. The van der Waals surface area contributed by atoms with Gasteiger partial charge in [-0.15, -0.1) is 0 Å². The Bertz CT molecular complexity index is 547. The Morgan fingerprint density at radius 3 is 3.10 bits per heavy atom. The monoisotopic (exact) mass is 308 g/mol. The van der Waals surface area contributed by atoms with Crippen molar-refractivity contribution in [2.45, 2.75) is 32.6 Å². The van der Waals surface area contributed by atoms with Crippen LogP contribution in [0.25, 0.3) is 0 Å². The van der Waals surface area contributed by atoms with E-state index in [1.165, 1.54) is 25.7 Å². The van der Waals surface area contributed by atoms with E-state index in [0.29, 0.717) is 22.4 Å². The maximum absolute atomic E-state index is 11.3. The maximum Gasteiger partial charge on any atom is 0.262 e. The predicted molar refractivity (Wildman–Crippen MR) is 85.2 cm³/mol. The highest BCUT2D eigenvalue weighted by molar-refractivity contribution is 6.33. The van der Waals surface area contributed by atoms with E-state index in [1.807, 2.05) is 6.07 Å². The standard InChI is InChI=1S/C16H21ClN2O2/c1-10-3-2-4-11(5-10)8-18-13-7-15-14(6-12(13)17)19-16(20)9-21-15/h6-7,10-11,18H,2-5,8-9H2,1H3,(H,19,20). The third-order valence-electron chi connectivity index (χ3n) is 4.33. The van der Waals surface area contributed by atoms with Crippen LogP contribution in [0, 0.1) is 11.8 Å². The molecule has 21 heavy (non-hydrogen) atoms. The molecule has 1 aliphatic carbocycles. The zero-order valence-electron chi connectivity index (χ0n) is 12.2. The van der Waals surface area contributed by atoms with Crippen molar-refractivity contribution in [1.82, 2.24) is 0 Å². The second-order valence-corrected chi connectivity index (χ2v) is 6.59. The van der Waals surface area contributed by atoms with Crippen molar-refractivity contribution in [3.05, 3.63) is 17.2 Å². The van der Waals surface area contributed by atoms with Gasteiger partial charge in [0.2, 0.25) is 0 Å². The summed E-state index contributed by atoms with van der Waals surface area (Å²) in [7, 11) is 0. The summed E-state index contributed by atoms with van der Waals surface area (Å²) in [6, 6.07) is 3.63. The second-order valence-electron chi connectivity index (χ2n) is 6.18. The number of rotatable bonds is 3. The smallest absolute Gasteiger partial charge is 0.262 e. The van der Waals surface area contributed by atoms with Crippen LogP contribution in [-0.4, -0.2) is 19.1 Å². The number of nitrogens with one attached hydrogen (secondary N) is 2. The topological polar surface area (TPSA) is 50.4 Å². The van der Waals surface area contributed by atoms with Crippen LogP contribution in [0.4, 0.5) is 11.4 Å². The summed E-state index contributed by atoms with van der Waals surface area (Å²) >= 11 is 6.29. The molecule has 0 saturated heterocycles. The average Bonchev–Trinajstić information content (AvgIpc) is 2.45. The van der Waals surface area contributed by atoms with Crippen molar-refractivity contribution < 1.29 is 9.53 Å². The maximum atomic E-state index is 11.3. The fraction of sp³-hybridized carbons (Fsp3) is 0.562. The Kier molecular flexibility index (Phi) is 4.24. The Labute approximate surface area is 130 Å². The van der Waals surface area contributed by atoms with E-state index >= 15 is 0 Å². The van der Waals surface area contributed by atoms with E-state index in [9.17, 15) is 4.79 Å². The molecule has 2 unspecified atom stereocenters. The third kappa shape index (κ3) is 3.43. The van der Waals surface area contributed by atoms with Gasteiger partial charge >= 0.3 is 0 Å². The molecular formula is C16H21ClN2O2. The van der Waals surface area contributed by atoms with Gasteiger partial charge in [0.15, 0.2) is 6.61 Å². The molecule has 0 bridgehead atoms. The fourth-order valence-electron chi connectivity index (χ4n) is 3.23. The van der Waals surface area contributed by atoms with Crippen molar-refractivity contribution in [3.8, 4) is 5.75 Å². The molecule has 0 radical (unpaired) electrons. The van der Waals surface area contributed by atoms with Gasteiger partial charge in [0, 0.05) is 12.6 Å². The van der Waals surface area contributed by atoms with Crippen LogP contribution >= 0.6 is 11.6 Å². The van der Waals surface area contributed by atoms with Gasteiger partial charge in [0.05, 0.1) is 16.4 Å². The number of carbonyl (C=O) groups excluding carboxylic acids is 1. The lowest BCUT2D eigenvalue weighted by molar-refractivity contribution is -0.118. The molecule has 2 atom stereocenters. The molecule has 2 aliphatic rings. The summed E-state index contributed by atoms with van der Waals surface area (Å²) in [5.41, 5.74) is 1.53. The zero-order valence-corrected chi connectivity index (χ0v) is 13.0. The molecule has 1 amide bonds. The third-order valence-corrected chi connectivity index (χ3v) is 4.64. The molecule has 3 rings (SSSR count). The van der Waals surface area contributed by atoms with Crippen LogP contribution < -0.4 is 15.4 Å². The van der Waals surface area contributed by atoms with E-state index in [1.54, 1.807) is 6.07 Å². The molecule has 114 valence electrons. The summed E-state index contributed by atoms with van der Waals surface area (Å²) in [6.45, 7) is 3.33. The highest BCUT2D eigenvalue weighted by Crippen LogP contribution is 2.37. The van der Waals surface area contributed by atoms with Crippen LogP contribution in [-0.2, 0) is 4.79 Å². The van der Waals surface area contributed by atoms with Gasteiger partial charge in [0.1, 0.15) is 5.75 Å². The quantitative estimate of drug-likeness (QED) is 0.890. The van der Waals surface area contributed by atoms with Gasteiger partial charge in [-0.25, -0.2) is 0 Å². The van der Waals surface area contributed by atoms with Gasteiger partial charge in [-0.05, 0) is 30.7 Å². The minimum atomic E-state index is -0.143. The zero-order chi connectivity index (χ0) is 14.8. The van der Waals surface area contributed by atoms with Crippen LogP contribution in [0.3, 0.4) is 0 Å². The number of halogens is 1. The first-order valence-corrected chi connectivity index (χ1v) is 7.99. The number of anilines is 2. The van der Waals surface area contributed by atoms with E-state index in [0.717, 1.165) is 18.2 Å². The van der Waals surface area contributed by atoms with E-state index in [4.69, 9.17) is 16.3 Å². The normalized spacial score (nSPS) is 24.8. The summed E-state index contributed by atoms with van der Waals surface area (Å²) < 4.78 is 5.43. The SMILES string of the molecule is CC1CCCC(CNc2cc3c(cc2Cl)NC(=O)CO3)C1. The van der Waals surface area contributed by atoms with Crippen molar-refractivity contribution in [2.75, 3.05) is 23.8 Å². The number of benzene rings is 1. The molecule has 1 saturated carbocycles. The van der Waals surface area contributed by atoms with Gasteiger partial charge in [-0.1, -0.05) is 31.4 Å². The summed E-state index contributed by atoms with van der Waals surface area (Å²) in [4.78, 5) is 11.3. The van der Waals surface area contributed by atoms with Gasteiger partial charge in [-0.2, -0.15) is 0 Å². The number of hydrogen-bond acceptors (Lipinski definition) is 3. The molecule has 1 aliphatic heterocycles. The Morgan fingerprint density at radius 1 is 1.43 bits per heavy atom. The Morgan fingerprint density at radius 2 is 2.29 bits per heavy atom. The first-order chi connectivity index (χ1) is 10.1.